The maximum absolute atomic E-state index is 6.20. The van der Waals surface area contributed by atoms with Gasteiger partial charge in [0, 0.05) is 18.7 Å². The monoisotopic (exact) mass is 302 g/mol. The van der Waals surface area contributed by atoms with Crippen LogP contribution in [0.4, 0.5) is 0 Å². The third kappa shape index (κ3) is 3.74. The number of rotatable bonds is 6. The van der Waals surface area contributed by atoms with Crippen LogP contribution >= 0.6 is 11.6 Å². The Bertz CT molecular complexity index is 626. The molecule has 1 heterocycles. The highest BCUT2D eigenvalue weighted by Gasteiger charge is 2.20. The summed E-state index contributed by atoms with van der Waals surface area (Å²) in [4.78, 5) is 4.53. The number of para-hydroxylation sites is 1. The van der Waals surface area contributed by atoms with Crippen molar-refractivity contribution in [3.8, 4) is 11.6 Å². The summed E-state index contributed by atoms with van der Waals surface area (Å²) < 4.78 is 5.92. The maximum Gasteiger partial charge on any atom is 0.219 e. The first-order chi connectivity index (χ1) is 10.3. The molecule has 1 aliphatic carbocycles. The second-order valence-corrected chi connectivity index (χ2v) is 5.70. The van der Waals surface area contributed by atoms with Gasteiger partial charge in [-0.1, -0.05) is 36.7 Å². The van der Waals surface area contributed by atoms with E-state index in [9.17, 15) is 0 Å². The molecule has 0 amide bonds. The van der Waals surface area contributed by atoms with Crippen LogP contribution in [0.15, 0.2) is 36.4 Å². The normalized spacial score (nSPS) is 14.2. The first-order valence-electron chi connectivity index (χ1n) is 7.41. The second kappa shape index (κ2) is 6.46. The fourth-order valence-corrected chi connectivity index (χ4v) is 2.35. The molecule has 1 N–H and O–H groups in total. The molecule has 1 fully saturated rings. The lowest BCUT2D eigenvalue weighted by molar-refractivity contribution is 0.454. The van der Waals surface area contributed by atoms with Gasteiger partial charge in [0.05, 0.1) is 10.7 Å². The summed E-state index contributed by atoms with van der Waals surface area (Å²) in [6.07, 6.45) is 3.43. The van der Waals surface area contributed by atoms with Crippen molar-refractivity contribution in [1.29, 1.82) is 0 Å². The average Bonchev–Trinajstić information content (AvgIpc) is 3.32. The fourth-order valence-electron chi connectivity index (χ4n) is 2.18. The molecule has 4 heteroatoms. The Morgan fingerprint density at radius 1 is 1.24 bits per heavy atom. The van der Waals surface area contributed by atoms with E-state index in [2.05, 4.69) is 23.3 Å². The molecule has 0 spiro atoms. The number of aryl methyl sites for hydroxylation is 1. The molecule has 0 bridgehead atoms. The van der Waals surface area contributed by atoms with Crippen molar-refractivity contribution in [1.82, 2.24) is 10.3 Å². The molecule has 0 unspecified atom stereocenters. The first-order valence-corrected chi connectivity index (χ1v) is 7.78. The predicted octanol–water partition coefficient (Wildman–Crippen LogP) is 4.34. The largest absolute Gasteiger partial charge is 0.439 e. The van der Waals surface area contributed by atoms with Gasteiger partial charge in [0.15, 0.2) is 0 Å². The van der Waals surface area contributed by atoms with E-state index >= 15 is 0 Å². The molecule has 1 aromatic heterocycles. The van der Waals surface area contributed by atoms with Gasteiger partial charge in [0.1, 0.15) is 5.75 Å². The molecule has 2 aromatic rings. The molecular formula is C17H19ClN2O. The van der Waals surface area contributed by atoms with E-state index in [0.717, 1.165) is 17.9 Å². The van der Waals surface area contributed by atoms with Gasteiger partial charge in [-0.15, -0.1) is 0 Å². The number of hydrogen-bond donors (Lipinski definition) is 1. The van der Waals surface area contributed by atoms with Crippen LogP contribution in [0.3, 0.4) is 0 Å². The Labute approximate surface area is 130 Å². The summed E-state index contributed by atoms with van der Waals surface area (Å²) >= 11 is 6.20. The van der Waals surface area contributed by atoms with Gasteiger partial charge in [0.2, 0.25) is 5.88 Å². The number of aromatic nitrogens is 1. The number of ether oxygens (including phenoxy) is 1. The highest BCUT2D eigenvalue weighted by Crippen LogP contribution is 2.27. The molecule has 0 radical (unpaired) electrons. The van der Waals surface area contributed by atoms with Gasteiger partial charge in [0.25, 0.3) is 0 Å². The molecule has 0 atom stereocenters. The van der Waals surface area contributed by atoms with Gasteiger partial charge in [-0.2, -0.15) is 0 Å². The zero-order valence-electron chi connectivity index (χ0n) is 12.1. The van der Waals surface area contributed by atoms with E-state index < -0.39 is 0 Å². The Hall–Kier alpha value is -1.58. The number of pyridine rings is 1. The van der Waals surface area contributed by atoms with Crippen molar-refractivity contribution >= 4 is 11.6 Å². The van der Waals surface area contributed by atoms with E-state index in [1.54, 1.807) is 0 Å². The molecule has 0 saturated heterocycles. The Balaban J connectivity index is 1.76. The van der Waals surface area contributed by atoms with E-state index in [1.165, 1.54) is 18.4 Å². The Kier molecular flexibility index (Phi) is 4.42. The van der Waals surface area contributed by atoms with Gasteiger partial charge in [-0.05, 0) is 37.0 Å². The molecule has 3 nitrogen and oxygen atoms in total. The fraction of sp³-hybridized carbons (Fsp3) is 0.353. The van der Waals surface area contributed by atoms with Crippen molar-refractivity contribution in [3.05, 3.63) is 52.7 Å². The zero-order valence-corrected chi connectivity index (χ0v) is 12.9. The second-order valence-electron chi connectivity index (χ2n) is 5.30. The van der Waals surface area contributed by atoms with Gasteiger partial charge in [-0.3, -0.25) is 0 Å². The van der Waals surface area contributed by atoms with E-state index in [4.69, 9.17) is 16.3 Å². The van der Waals surface area contributed by atoms with Crippen LogP contribution in [-0.2, 0) is 13.0 Å². The van der Waals surface area contributed by atoms with Crippen molar-refractivity contribution < 1.29 is 4.74 Å². The molecule has 3 rings (SSSR count). The Morgan fingerprint density at radius 2 is 2.05 bits per heavy atom. The lowest BCUT2D eigenvalue weighted by Gasteiger charge is -2.11. The van der Waals surface area contributed by atoms with Crippen LogP contribution in [0.2, 0.25) is 5.02 Å². The van der Waals surface area contributed by atoms with Crippen LogP contribution in [0.1, 0.15) is 31.0 Å². The summed E-state index contributed by atoms with van der Waals surface area (Å²) in [6.45, 7) is 2.80. The molecule has 1 aromatic carbocycles. The summed E-state index contributed by atoms with van der Waals surface area (Å²) in [6, 6.07) is 12.3. The maximum atomic E-state index is 6.20. The molecule has 1 saturated carbocycles. The van der Waals surface area contributed by atoms with E-state index in [1.807, 2.05) is 30.3 Å². The van der Waals surface area contributed by atoms with Gasteiger partial charge < -0.3 is 10.1 Å². The van der Waals surface area contributed by atoms with E-state index in [-0.39, 0.29) is 0 Å². The number of hydrogen-bond acceptors (Lipinski definition) is 3. The minimum absolute atomic E-state index is 0.591. The van der Waals surface area contributed by atoms with Gasteiger partial charge in [-0.25, -0.2) is 4.98 Å². The molecule has 21 heavy (non-hydrogen) atoms. The number of nitrogens with one attached hydrogen (secondary N) is 1. The lowest BCUT2D eigenvalue weighted by Crippen LogP contribution is -2.16. The van der Waals surface area contributed by atoms with Crippen molar-refractivity contribution in [2.75, 3.05) is 0 Å². The molecule has 0 aliphatic heterocycles. The number of halogens is 1. The first kappa shape index (κ1) is 14.4. The molecular weight excluding hydrogens is 284 g/mol. The predicted molar refractivity (Wildman–Crippen MR) is 85.0 cm³/mol. The smallest absolute Gasteiger partial charge is 0.219 e. The number of benzene rings is 1. The molecule has 110 valence electrons. The van der Waals surface area contributed by atoms with Crippen molar-refractivity contribution in [3.63, 3.8) is 0 Å². The van der Waals surface area contributed by atoms with E-state index in [0.29, 0.717) is 23.5 Å². The van der Waals surface area contributed by atoms with Crippen LogP contribution in [0, 0.1) is 0 Å². The zero-order chi connectivity index (χ0) is 14.7. The van der Waals surface area contributed by atoms with Crippen molar-refractivity contribution in [2.24, 2.45) is 0 Å². The highest BCUT2D eigenvalue weighted by molar-refractivity contribution is 6.31. The van der Waals surface area contributed by atoms with Crippen LogP contribution < -0.4 is 10.1 Å². The molecule has 1 aliphatic rings. The Morgan fingerprint density at radius 3 is 2.81 bits per heavy atom. The van der Waals surface area contributed by atoms with Crippen LogP contribution in [0.5, 0.6) is 11.6 Å². The summed E-state index contributed by atoms with van der Waals surface area (Å²) in [5.41, 5.74) is 2.02. The minimum Gasteiger partial charge on any atom is -0.439 e. The number of nitrogens with zero attached hydrogens (tertiary/aromatic N) is 1. The summed E-state index contributed by atoms with van der Waals surface area (Å²) in [5, 5.41) is 4.10. The topological polar surface area (TPSA) is 34.1 Å². The minimum atomic E-state index is 0.591. The SMILES string of the molecule is CCc1ccccc1Oc1ccc(Cl)c(CNC2CC2)n1. The quantitative estimate of drug-likeness (QED) is 0.862. The standard InChI is InChI=1S/C17H19ClN2O/c1-2-12-5-3-4-6-16(12)21-17-10-9-14(18)15(20-17)11-19-13-7-8-13/h3-6,9-10,13,19H,2,7-8,11H2,1H3. The van der Waals surface area contributed by atoms with Crippen LogP contribution in [-0.4, -0.2) is 11.0 Å². The third-order valence-electron chi connectivity index (χ3n) is 3.60. The average molecular weight is 303 g/mol. The lowest BCUT2D eigenvalue weighted by atomic mass is 10.1. The van der Waals surface area contributed by atoms with Crippen molar-refractivity contribution in [2.45, 2.75) is 38.8 Å². The third-order valence-corrected chi connectivity index (χ3v) is 3.94. The summed E-state index contributed by atoms with van der Waals surface area (Å²) in [7, 11) is 0. The van der Waals surface area contributed by atoms with Crippen LogP contribution in [0.25, 0.3) is 0 Å². The summed E-state index contributed by atoms with van der Waals surface area (Å²) in [5.74, 6) is 1.45. The van der Waals surface area contributed by atoms with Gasteiger partial charge >= 0.3 is 0 Å². The highest BCUT2D eigenvalue weighted by atomic mass is 35.5.